The van der Waals surface area contributed by atoms with Gasteiger partial charge in [0.15, 0.2) is 5.78 Å². The molecule has 1 aromatic heterocycles. The summed E-state index contributed by atoms with van der Waals surface area (Å²) in [7, 11) is 1.57. The largest absolute Gasteiger partial charge is 0.494 e. The first kappa shape index (κ1) is 13.0. The molecule has 1 unspecified atom stereocenters. The van der Waals surface area contributed by atoms with Gasteiger partial charge in [-0.2, -0.15) is 0 Å². The fourth-order valence-corrected chi connectivity index (χ4v) is 2.60. The first-order valence-corrected chi connectivity index (χ1v) is 6.48. The molecule has 1 saturated heterocycles. The summed E-state index contributed by atoms with van der Waals surface area (Å²) in [6.45, 7) is 3.80. The minimum atomic E-state index is -0.320. The number of rotatable bonds is 4. The summed E-state index contributed by atoms with van der Waals surface area (Å²) in [5.74, 6) is 0.676. The van der Waals surface area contributed by atoms with Crippen LogP contribution in [0.25, 0.3) is 0 Å². The topological polar surface area (TPSA) is 51.2 Å². The number of ketones is 1. The lowest BCUT2D eigenvalue weighted by atomic mass is 9.73. The molecule has 1 atom stereocenters. The van der Waals surface area contributed by atoms with E-state index in [0.29, 0.717) is 11.4 Å². The summed E-state index contributed by atoms with van der Waals surface area (Å²) < 4.78 is 5.24. The van der Waals surface area contributed by atoms with Gasteiger partial charge in [-0.3, -0.25) is 4.79 Å². The molecule has 0 aromatic carbocycles. The lowest BCUT2D eigenvalue weighted by molar-refractivity contribution is 0.0721. The highest BCUT2D eigenvalue weighted by atomic mass is 16.5. The van der Waals surface area contributed by atoms with Crippen LogP contribution in [0.2, 0.25) is 0 Å². The normalized spacial score (nSPS) is 23.7. The number of pyridine rings is 1. The van der Waals surface area contributed by atoms with Crippen molar-refractivity contribution in [3.63, 3.8) is 0 Å². The molecule has 4 heteroatoms. The highest BCUT2D eigenvalue weighted by molar-refractivity contribution is 6.01. The third-order valence-electron chi connectivity index (χ3n) is 3.84. The van der Waals surface area contributed by atoms with Crippen LogP contribution in [-0.4, -0.2) is 31.0 Å². The number of Topliss-reactive ketones (excluding diaryl/α,β-unsaturated/α-hetero) is 1. The molecule has 4 nitrogen and oxygen atoms in total. The van der Waals surface area contributed by atoms with Crippen molar-refractivity contribution in [3.05, 3.63) is 24.0 Å². The number of hydrogen-bond acceptors (Lipinski definition) is 4. The number of hydrogen-bond donors (Lipinski definition) is 1. The van der Waals surface area contributed by atoms with Crippen LogP contribution in [0.1, 0.15) is 36.7 Å². The van der Waals surface area contributed by atoms with E-state index < -0.39 is 0 Å². The van der Waals surface area contributed by atoms with Gasteiger partial charge in [0.2, 0.25) is 0 Å². The fourth-order valence-electron chi connectivity index (χ4n) is 2.60. The summed E-state index contributed by atoms with van der Waals surface area (Å²) in [6, 6.07) is 3.58. The number of aromatic nitrogens is 1. The minimum Gasteiger partial charge on any atom is -0.494 e. The monoisotopic (exact) mass is 248 g/mol. The van der Waals surface area contributed by atoms with Gasteiger partial charge in [0.25, 0.3) is 0 Å². The molecule has 0 radical (unpaired) electrons. The van der Waals surface area contributed by atoms with Crippen molar-refractivity contribution >= 4 is 5.78 Å². The second kappa shape index (κ2) is 5.48. The van der Waals surface area contributed by atoms with Crippen molar-refractivity contribution < 1.29 is 9.53 Å². The molecular formula is C14H20N2O2. The van der Waals surface area contributed by atoms with Gasteiger partial charge in [0.1, 0.15) is 11.4 Å². The predicted octanol–water partition coefficient (Wildman–Crippen LogP) is 2.05. The molecule has 0 bridgehead atoms. The van der Waals surface area contributed by atoms with E-state index in [0.717, 1.165) is 32.4 Å². The third-order valence-corrected chi connectivity index (χ3v) is 3.84. The number of nitrogens with zero attached hydrogens (tertiary/aromatic N) is 1. The van der Waals surface area contributed by atoms with E-state index in [-0.39, 0.29) is 11.2 Å². The van der Waals surface area contributed by atoms with Gasteiger partial charge in [0.05, 0.1) is 7.11 Å². The molecule has 98 valence electrons. The van der Waals surface area contributed by atoms with E-state index in [2.05, 4.69) is 17.2 Å². The lowest BCUT2D eigenvalue weighted by Gasteiger charge is -2.35. The number of piperidine rings is 1. The van der Waals surface area contributed by atoms with Crippen molar-refractivity contribution in [1.29, 1.82) is 0 Å². The van der Waals surface area contributed by atoms with E-state index in [9.17, 15) is 4.79 Å². The Bertz CT molecular complexity index is 426. The number of ether oxygens (including phenoxy) is 1. The van der Waals surface area contributed by atoms with E-state index >= 15 is 0 Å². The Morgan fingerprint density at radius 1 is 1.61 bits per heavy atom. The highest BCUT2D eigenvalue weighted by Crippen LogP contribution is 2.35. The van der Waals surface area contributed by atoms with Crippen LogP contribution < -0.4 is 10.1 Å². The molecule has 1 fully saturated rings. The summed E-state index contributed by atoms with van der Waals surface area (Å²) in [6.07, 6.45) is 4.44. The zero-order valence-corrected chi connectivity index (χ0v) is 11.0. The maximum atomic E-state index is 12.7. The maximum Gasteiger partial charge on any atom is 0.192 e. The van der Waals surface area contributed by atoms with Gasteiger partial charge in [-0.15, -0.1) is 0 Å². The number of carbonyl (C=O) groups is 1. The Kier molecular flexibility index (Phi) is 3.97. The van der Waals surface area contributed by atoms with Crippen LogP contribution in [0.3, 0.4) is 0 Å². The van der Waals surface area contributed by atoms with Gasteiger partial charge in [-0.05, 0) is 37.9 Å². The van der Waals surface area contributed by atoms with Crippen molar-refractivity contribution in [2.24, 2.45) is 5.41 Å². The Hall–Kier alpha value is -1.42. The third kappa shape index (κ3) is 2.25. The quantitative estimate of drug-likeness (QED) is 0.829. The Morgan fingerprint density at radius 3 is 3.06 bits per heavy atom. The first-order valence-electron chi connectivity index (χ1n) is 6.48. The summed E-state index contributed by atoms with van der Waals surface area (Å²) in [5.41, 5.74) is 0.144. The molecule has 0 amide bonds. The van der Waals surface area contributed by atoms with Crippen LogP contribution in [-0.2, 0) is 0 Å². The van der Waals surface area contributed by atoms with Crippen LogP contribution in [0.4, 0.5) is 0 Å². The number of carbonyl (C=O) groups excluding carboxylic acids is 1. The van der Waals surface area contributed by atoms with E-state index in [4.69, 9.17) is 4.74 Å². The van der Waals surface area contributed by atoms with Crippen LogP contribution in [0.15, 0.2) is 18.3 Å². The Labute approximate surface area is 108 Å². The molecule has 2 heterocycles. The molecule has 2 rings (SSSR count). The maximum absolute atomic E-state index is 12.7. The SMILES string of the molecule is CCC1(C(=O)c2ncccc2OC)CCCNC1. The lowest BCUT2D eigenvalue weighted by Crippen LogP contribution is -2.45. The number of nitrogens with one attached hydrogen (secondary N) is 1. The Morgan fingerprint density at radius 2 is 2.44 bits per heavy atom. The predicted molar refractivity (Wildman–Crippen MR) is 69.9 cm³/mol. The van der Waals surface area contributed by atoms with Crippen LogP contribution >= 0.6 is 0 Å². The van der Waals surface area contributed by atoms with Gasteiger partial charge < -0.3 is 10.1 Å². The van der Waals surface area contributed by atoms with Gasteiger partial charge in [-0.25, -0.2) is 4.98 Å². The summed E-state index contributed by atoms with van der Waals surface area (Å²) in [5, 5.41) is 3.33. The average Bonchev–Trinajstić information content (AvgIpc) is 2.47. The first-order chi connectivity index (χ1) is 8.73. The molecule has 0 spiro atoms. The molecule has 1 aliphatic rings. The van der Waals surface area contributed by atoms with E-state index in [1.165, 1.54) is 0 Å². The molecule has 18 heavy (non-hydrogen) atoms. The van der Waals surface area contributed by atoms with Crippen molar-refractivity contribution in [2.45, 2.75) is 26.2 Å². The molecule has 0 saturated carbocycles. The standard InChI is InChI=1S/C14H20N2O2/c1-3-14(7-5-8-15-10-14)13(17)12-11(18-2)6-4-9-16-12/h4,6,9,15H,3,5,7-8,10H2,1-2H3. The minimum absolute atomic E-state index is 0.106. The van der Waals surface area contributed by atoms with Gasteiger partial charge in [0, 0.05) is 18.2 Å². The van der Waals surface area contributed by atoms with E-state index in [1.54, 1.807) is 25.4 Å². The van der Waals surface area contributed by atoms with Crippen LogP contribution in [0, 0.1) is 5.41 Å². The van der Waals surface area contributed by atoms with Crippen molar-refractivity contribution in [1.82, 2.24) is 10.3 Å². The highest BCUT2D eigenvalue weighted by Gasteiger charge is 2.40. The number of methoxy groups -OCH3 is 1. The molecule has 0 aliphatic carbocycles. The van der Waals surface area contributed by atoms with E-state index in [1.807, 2.05) is 0 Å². The average molecular weight is 248 g/mol. The Balaban J connectivity index is 2.33. The van der Waals surface area contributed by atoms with Crippen molar-refractivity contribution in [3.8, 4) is 5.75 Å². The van der Waals surface area contributed by atoms with Gasteiger partial charge in [-0.1, -0.05) is 6.92 Å². The fraction of sp³-hybridized carbons (Fsp3) is 0.571. The van der Waals surface area contributed by atoms with Gasteiger partial charge >= 0.3 is 0 Å². The van der Waals surface area contributed by atoms with Crippen molar-refractivity contribution in [2.75, 3.05) is 20.2 Å². The zero-order chi connectivity index (χ0) is 13.0. The molecular weight excluding hydrogens is 228 g/mol. The molecule has 1 N–H and O–H groups in total. The smallest absolute Gasteiger partial charge is 0.192 e. The second-order valence-corrected chi connectivity index (χ2v) is 4.80. The van der Waals surface area contributed by atoms with Crippen LogP contribution in [0.5, 0.6) is 5.75 Å². The second-order valence-electron chi connectivity index (χ2n) is 4.80. The zero-order valence-electron chi connectivity index (χ0n) is 11.0. The molecule has 1 aliphatic heterocycles. The summed E-state index contributed by atoms with van der Waals surface area (Å²) >= 11 is 0. The summed E-state index contributed by atoms with van der Waals surface area (Å²) in [4.78, 5) is 17.0. The molecule has 1 aromatic rings.